The van der Waals surface area contributed by atoms with E-state index in [9.17, 15) is 21.6 Å². The summed E-state index contributed by atoms with van der Waals surface area (Å²) < 4.78 is 50.3. The van der Waals surface area contributed by atoms with Gasteiger partial charge >= 0.3 is 5.97 Å². The molecular formula is C10H10ClN3O6S2. The second-order valence-electron chi connectivity index (χ2n) is 4.36. The molecule has 1 aromatic rings. The van der Waals surface area contributed by atoms with E-state index in [0.29, 0.717) is 0 Å². The first-order valence-electron chi connectivity index (χ1n) is 5.70. The third kappa shape index (κ3) is 3.38. The number of nitrogens with two attached hydrogens (primary N) is 1. The van der Waals surface area contributed by atoms with Crippen molar-refractivity contribution in [1.82, 2.24) is 0 Å². The molecule has 22 heavy (non-hydrogen) atoms. The van der Waals surface area contributed by atoms with Gasteiger partial charge in [-0.25, -0.2) is 13.6 Å². The summed E-state index contributed by atoms with van der Waals surface area (Å²) >= 11 is 5.79. The Hall–Kier alpha value is -1.69. The number of fused-ring (bicyclic) bond motifs is 1. The molecule has 4 N–H and O–H groups in total. The minimum atomic E-state index is -4.20. The highest BCUT2D eigenvalue weighted by molar-refractivity contribution is 7.91. The number of aliphatic carboxylic acids is 1. The average Bonchev–Trinajstić information content (AvgIpc) is 2.33. The molecule has 2 rings (SSSR count). The summed E-state index contributed by atoms with van der Waals surface area (Å²) in [6, 6.07) is 1.90. The van der Waals surface area contributed by atoms with Gasteiger partial charge < -0.3 is 10.4 Å². The van der Waals surface area contributed by atoms with Crippen LogP contribution < -0.4 is 10.5 Å². The summed E-state index contributed by atoms with van der Waals surface area (Å²) in [5, 5.41) is 15.9. The Kier molecular flexibility index (Phi) is 4.17. The van der Waals surface area contributed by atoms with Crippen LogP contribution >= 0.6 is 11.6 Å². The van der Waals surface area contributed by atoms with E-state index in [1.54, 1.807) is 0 Å². The van der Waals surface area contributed by atoms with Crippen LogP contribution in [0, 0.1) is 0 Å². The maximum atomic E-state index is 12.1. The third-order valence-corrected chi connectivity index (χ3v) is 5.43. The molecular weight excluding hydrogens is 358 g/mol. The van der Waals surface area contributed by atoms with Crippen LogP contribution in [0.5, 0.6) is 0 Å². The highest BCUT2D eigenvalue weighted by Gasteiger charge is 2.28. The van der Waals surface area contributed by atoms with Gasteiger partial charge in [0, 0.05) is 6.42 Å². The fourth-order valence-corrected chi connectivity index (χ4v) is 4.12. The molecule has 0 atom stereocenters. The number of carboxylic acids is 1. The van der Waals surface area contributed by atoms with Crippen molar-refractivity contribution in [3.05, 3.63) is 17.2 Å². The molecule has 0 aromatic heterocycles. The zero-order chi connectivity index (χ0) is 16.7. The van der Waals surface area contributed by atoms with Crippen LogP contribution in [0.3, 0.4) is 0 Å². The molecule has 1 aromatic carbocycles. The number of carboxylic acid groups (broad SMARTS) is 1. The van der Waals surface area contributed by atoms with Crippen LogP contribution in [0.2, 0.25) is 5.02 Å². The number of amidine groups is 1. The fraction of sp³-hybridized carbons (Fsp3) is 0.200. The van der Waals surface area contributed by atoms with Crippen LogP contribution in [0.15, 0.2) is 26.3 Å². The van der Waals surface area contributed by atoms with Crippen molar-refractivity contribution in [1.29, 1.82) is 0 Å². The van der Waals surface area contributed by atoms with Crippen molar-refractivity contribution in [2.75, 3.05) is 5.32 Å². The quantitative estimate of drug-likeness (QED) is 0.693. The van der Waals surface area contributed by atoms with Gasteiger partial charge in [0.25, 0.3) is 10.0 Å². The first-order chi connectivity index (χ1) is 10.0. The summed E-state index contributed by atoms with van der Waals surface area (Å²) in [6.07, 6.45) is -0.456. The van der Waals surface area contributed by atoms with Crippen molar-refractivity contribution in [2.45, 2.75) is 22.6 Å². The standard InChI is InChI=1S/C10H10ClN3O6S2/c11-5-3-6-8(4-7(5)21(12,17)18)22(19,20)14-9(13-6)1-2-10(15)16/h3-4H,1-2H2,(H,13,14)(H,15,16)(H2,12,17,18). The Labute approximate surface area is 130 Å². The van der Waals surface area contributed by atoms with Gasteiger partial charge in [-0.15, -0.1) is 4.40 Å². The number of nitrogens with one attached hydrogen (secondary N) is 1. The average molecular weight is 368 g/mol. The molecule has 0 fully saturated rings. The smallest absolute Gasteiger partial charge is 0.303 e. The minimum absolute atomic E-state index is 0.00721. The zero-order valence-corrected chi connectivity index (χ0v) is 13.2. The van der Waals surface area contributed by atoms with Crippen LogP contribution in [-0.2, 0) is 24.8 Å². The van der Waals surface area contributed by atoms with E-state index in [0.717, 1.165) is 12.1 Å². The Morgan fingerprint density at radius 2 is 2.05 bits per heavy atom. The van der Waals surface area contributed by atoms with E-state index < -0.39 is 35.8 Å². The Morgan fingerprint density at radius 3 is 2.59 bits per heavy atom. The van der Waals surface area contributed by atoms with Crippen LogP contribution in [0.1, 0.15) is 12.8 Å². The monoisotopic (exact) mass is 367 g/mol. The number of halogens is 1. The van der Waals surface area contributed by atoms with Gasteiger partial charge in [0.05, 0.1) is 17.1 Å². The fourth-order valence-electron chi connectivity index (χ4n) is 1.77. The molecule has 1 heterocycles. The number of nitrogens with zero attached hydrogens (tertiary/aromatic N) is 1. The van der Waals surface area contributed by atoms with Crippen molar-refractivity contribution < 1.29 is 26.7 Å². The van der Waals surface area contributed by atoms with Gasteiger partial charge in [0.15, 0.2) is 0 Å². The minimum Gasteiger partial charge on any atom is -0.481 e. The second kappa shape index (κ2) is 5.50. The number of primary sulfonamides is 1. The lowest BCUT2D eigenvalue weighted by molar-refractivity contribution is -0.136. The zero-order valence-electron chi connectivity index (χ0n) is 10.8. The van der Waals surface area contributed by atoms with E-state index in [4.69, 9.17) is 21.8 Å². The molecule has 0 aliphatic carbocycles. The first-order valence-corrected chi connectivity index (χ1v) is 9.06. The molecule has 0 amide bonds. The molecule has 0 unspecified atom stereocenters. The highest BCUT2D eigenvalue weighted by Crippen LogP contribution is 2.34. The van der Waals surface area contributed by atoms with Gasteiger partial charge in [-0.05, 0) is 12.1 Å². The summed E-state index contributed by atoms with van der Waals surface area (Å²) in [5.41, 5.74) is 0.00721. The van der Waals surface area contributed by atoms with E-state index in [1.165, 1.54) is 0 Å². The van der Waals surface area contributed by atoms with Crippen LogP contribution in [-0.4, -0.2) is 33.7 Å². The Balaban J connectivity index is 2.53. The molecule has 0 spiro atoms. The molecule has 12 heteroatoms. The molecule has 0 saturated heterocycles. The van der Waals surface area contributed by atoms with Crippen LogP contribution in [0.25, 0.3) is 0 Å². The SMILES string of the molecule is NS(=O)(=O)c1cc2c(cc1Cl)NC(CCC(=O)O)=NS2(=O)=O. The summed E-state index contributed by atoms with van der Waals surface area (Å²) in [7, 11) is -8.39. The maximum Gasteiger partial charge on any atom is 0.303 e. The number of hydrogen-bond donors (Lipinski definition) is 3. The Morgan fingerprint density at radius 1 is 1.41 bits per heavy atom. The van der Waals surface area contributed by atoms with Crippen molar-refractivity contribution in [2.24, 2.45) is 9.54 Å². The normalized spacial score (nSPS) is 16.4. The van der Waals surface area contributed by atoms with Crippen LogP contribution in [0.4, 0.5) is 5.69 Å². The summed E-state index contributed by atoms with van der Waals surface area (Å²) in [5.74, 6) is -1.19. The number of benzene rings is 1. The lowest BCUT2D eigenvalue weighted by Gasteiger charge is -2.19. The lowest BCUT2D eigenvalue weighted by Crippen LogP contribution is -2.23. The second-order valence-corrected chi connectivity index (χ2v) is 7.87. The number of sulfonamides is 2. The number of anilines is 1. The van der Waals surface area contributed by atoms with Crippen molar-refractivity contribution in [3.63, 3.8) is 0 Å². The van der Waals surface area contributed by atoms with Gasteiger partial charge in [-0.3, -0.25) is 4.79 Å². The predicted molar refractivity (Wildman–Crippen MR) is 77.9 cm³/mol. The molecule has 9 nitrogen and oxygen atoms in total. The number of carbonyl (C=O) groups is 1. The van der Waals surface area contributed by atoms with Crippen molar-refractivity contribution >= 4 is 49.1 Å². The van der Waals surface area contributed by atoms with E-state index in [-0.39, 0.29) is 29.4 Å². The largest absolute Gasteiger partial charge is 0.481 e. The van der Waals surface area contributed by atoms with E-state index >= 15 is 0 Å². The molecule has 120 valence electrons. The molecule has 0 saturated carbocycles. The lowest BCUT2D eigenvalue weighted by atomic mass is 10.2. The van der Waals surface area contributed by atoms with Gasteiger partial charge in [0.1, 0.15) is 15.6 Å². The molecule has 1 aliphatic heterocycles. The Bertz CT molecular complexity index is 891. The first kappa shape index (κ1) is 16.7. The van der Waals surface area contributed by atoms with Gasteiger partial charge in [-0.1, -0.05) is 11.6 Å². The molecule has 0 radical (unpaired) electrons. The molecule has 1 aliphatic rings. The van der Waals surface area contributed by atoms with Gasteiger partial charge in [-0.2, -0.15) is 8.42 Å². The summed E-state index contributed by atoms with van der Waals surface area (Å²) in [6.45, 7) is 0. The maximum absolute atomic E-state index is 12.1. The summed E-state index contributed by atoms with van der Waals surface area (Å²) in [4.78, 5) is 9.58. The number of rotatable bonds is 4. The predicted octanol–water partition coefficient (Wildman–Crippen LogP) is 0.365. The third-order valence-electron chi connectivity index (χ3n) is 2.70. The highest BCUT2D eigenvalue weighted by atomic mass is 35.5. The van der Waals surface area contributed by atoms with E-state index in [1.807, 2.05) is 0 Å². The van der Waals surface area contributed by atoms with Crippen molar-refractivity contribution in [3.8, 4) is 0 Å². The van der Waals surface area contributed by atoms with E-state index in [2.05, 4.69) is 9.71 Å². The molecule has 0 bridgehead atoms. The topological polar surface area (TPSA) is 156 Å². The van der Waals surface area contributed by atoms with Gasteiger partial charge in [0.2, 0.25) is 10.0 Å². The number of hydrogen-bond acceptors (Lipinski definition) is 6.